The molecule has 2 rings (SSSR count). The Hall–Kier alpha value is -1.66. The summed E-state index contributed by atoms with van der Waals surface area (Å²) in [5.74, 6) is 0.390. The number of methoxy groups -OCH3 is 1. The second-order valence-corrected chi connectivity index (χ2v) is 4.59. The third kappa shape index (κ3) is 4.47. The van der Waals surface area contributed by atoms with Gasteiger partial charge in [0, 0.05) is 38.9 Å². The number of ether oxygens (including phenoxy) is 3. The zero-order valence-electron chi connectivity index (χ0n) is 11.6. The van der Waals surface area contributed by atoms with Crippen molar-refractivity contribution in [2.24, 2.45) is 0 Å². The second-order valence-electron chi connectivity index (χ2n) is 4.59. The number of aromatic nitrogens is 1. The van der Waals surface area contributed by atoms with Crippen molar-refractivity contribution in [3.05, 3.63) is 23.9 Å². The molecule has 0 spiro atoms. The molecule has 2 heterocycles. The van der Waals surface area contributed by atoms with Crippen molar-refractivity contribution in [2.75, 3.05) is 33.5 Å². The maximum atomic E-state index is 11.8. The van der Waals surface area contributed by atoms with Gasteiger partial charge < -0.3 is 19.5 Å². The van der Waals surface area contributed by atoms with Crippen molar-refractivity contribution < 1.29 is 19.0 Å². The lowest BCUT2D eigenvalue weighted by Gasteiger charge is -2.11. The molecule has 1 aliphatic rings. The van der Waals surface area contributed by atoms with Crippen LogP contribution in [0.2, 0.25) is 0 Å². The number of rotatable bonds is 7. The van der Waals surface area contributed by atoms with Gasteiger partial charge in [0.05, 0.1) is 18.8 Å². The van der Waals surface area contributed by atoms with Crippen molar-refractivity contribution in [3.63, 3.8) is 0 Å². The van der Waals surface area contributed by atoms with E-state index in [4.69, 9.17) is 14.2 Å². The first kappa shape index (κ1) is 14.7. The average molecular weight is 280 g/mol. The molecule has 6 nitrogen and oxygen atoms in total. The molecule has 1 aromatic heterocycles. The van der Waals surface area contributed by atoms with Gasteiger partial charge in [-0.15, -0.1) is 0 Å². The van der Waals surface area contributed by atoms with Gasteiger partial charge in [-0.1, -0.05) is 0 Å². The Kier molecular flexibility index (Phi) is 5.76. The van der Waals surface area contributed by atoms with Gasteiger partial charge in [-0.3, -0.25) is 4.79 Å². The smallest absolute Gasteiger partial charge is 0.252 e. The summed E-state index contributed by atoms with van der Waals surface area (Å²) in [6.07, 6.45) is 3.26. The summed E-state index contributed by atoms with van der Waals surface area (Å²) in [7, 11) is 1.64. The number of carbonyl (C=O) groups excluding carboxylic acids is 1. The first-order valence-electron chi connectivity index (χ1n) is 6.77. The standard InChI is InChI=1S/C14H20N2O4/c1-18-7-2-6-15-14(17)11-3-4-13(16-9-11)20-12-5-8-19-10-12/h3-4,9,12H,2,5-8,10H2,1H3,(H,15,17). The Bertz CT molecular complexity index is 416. The molecule has 1 saturated heterocycles. The molecule has 0 aliphatic carbocycles. The van der Waals surface area contributed by atoms with E-state index in [2.05, 4.69) is 10.3 Å². The van der Waals surface area contributed by atoms with Gasteiger partial charge in [-0.05, 0) is 12.5 Å². The molecular weight excluding hydrogens is 260 g/mol. The molecule has 1 atom stereocenters. The minimum atomic E-state index is -0.135. The highest BCUT2D eigenvalue weighted by atomic mass is 16.5. The molecule has 1 N–H and O–H groups in total. The molecule has 0 saturated carbocycles. The zero-order valence-corrected chi connectivity index (χ0v) is 11.6. The molecule has 1 unspecified atom stereocenters. The molecule has 0 aromatic carbocycles. The van der Waals surface area contributed by atoms with Crippen LogP contribution in [0.15, 0.2) is 18.3 Å². The van der Waals surface area contributed by atoms with E-state index in [1.165, 1.54) is 6.20 Å². The molecule has 1 aromatic rings. The molecule has 0 radical (unpaired) electrons. The van der Waals surface area contributed by atoms with Crippen LogP contribution < -0.4 is 10.1 Å². The Morgan fingerprint density at radius 3 is 3.10 bits per heavy atom. The van der Waals surface area contributed by atoms with E-state index in [9.17, 15) is 4.79 Å². The summed E-state index contributed by atoms with van der Waals surface area (Å²) in [4.78, 5) is 16.0. The molecule has 1 fully saturated rings. The van der Waals surface area contributed by atoms with Crippen LogP contribution in [0.25, 0.3) is 0 Å². The van der Waals surface area contributed by atoms with Crippen molar-refractivity contribution in [1.29, 1.82) is 0 Å². The van der Waals surface area contributed by atoms with Gasteiger partial charge in [0.15, 0.2) is 0 Å². The highest BCUT2D eigenvalue weighted by Gasteiger charge is 2.17. The second kappa shape index (κ2) is 7.81. The number of hydrogen-bond acceptors (Lipinski definition) is 5. The molecule has 20 heavy (non-hydrogen) atoms. The number of amides is 1. The van der Waals surface area contributed by atoms with E-state index in [1.54, 1.807) is 19.2 Å². The fourth-order valence-electron chi connectivity index (χ4n) is 1.88. The minimum absolute atomic E-state index is 0.0659. The molecule has 1 aliphatic heterocycles. The van der Waals surface area contributed by atoms with Crippen LogP contribution in [0.1, 0.15) is 23.2 Å². The summed E-state index contributed by atoms with van der Waals surface area (Å²) in [6, 6.07) is 3.42. The summed E-state index contributed by atoms with van der Waals surface area (Å²) >= 11 is 0. The summed E-state index contributed by atoms with van der Waals surface area (Å²) in [5, 5.41) is 2.81. The van der Waals surface area contributed by atoms with Crippen LogP contribution in [0.5, 0.6) is 5.88 Å². The predicted octanol–water partition coefficient (Wildman–Crippen LogP) is 1.02. The van der Waals surface area contributed by atoms with Crippen LogP contribution in [0.4, 0.5) is 0 Å². The molecule has 6 heteroatoms. The fraction of sp³-hybridized carbons (Fsp3) is 0.571. The predicted molar refractivity (Wildman–Crippen MR) is 72.9 cm³/mol. The number of pyridine rings is 1. The number of nitrogens with zero attached hydrogens (tertiary/aromatic N) is 1. The topological polar surface area (TPSA) is 69.7 Å². The molecule has 1 amide bonds. The lowest BCUT2D eigenvalue weighted by Crippen LogP contribution is -2.25. The van der Waals surface area contributed by atoms with Gasteiger partial charge in [0.1, 0.15) is 6.10 Å². The Morgan fingerprint density at radius 1 is 1.55 bits per heavy atom. The monoisotopic (exact) mass is 280 g/mol. The van der Waals surface area contributed by atoms with E-state index in [-0.39, 0.29) is 12.0 Å². The van der Waals surface area contributed by atoms with Crippen molar-refractivity contribution in [3.8, 4) is 5.88 Å². The van der Waals surface area contributed by atoms with Gasteiger partial charge in [0.2, 0.25) is 5.88 Å². The third-order valence-electron chi connectivity index (χ3n) is 2.98. The largest absolute Gasteiger partial charge is 0.472 e. The highest BCUT2D eigenvalue weighted by molar-refractivity contribution is 5.93. The SMILES string of the molecule is COCCCNC(=O)c1ccc(OC2CCOC2)nc1. The molecular formula is C14H20N2O4. The average Bonchev–Trinajstić information content (AvgIpc) is 2.97. The van der Waals surface area contributed by atoms with E-state index in [0.717, 1.165) is 19.4 Å². The van der Waals surface area contributed by atoms with Crippen molar-refractivity contribution >= 4 is 5.91 Å². The van der Waals surface area contributed by atoms with Crippen molar-refractivity contribution in [1.82, 2.24) is 10.3 Å². The van der Waals surface area contributed by atoms with Gasteiger partial charge in [-0.2, -0.15) is 0 Å². The van der Waals surface area contributed by atoms with Crippen LogP contribution in [0.3, 0.4) is 0 Å². The lowest BCUT2D eigenvalue weighted by atomic mass is 10.2. The Labute approximate surface area is 118 Å². The van der Waals surface area contributed by atoms with Gasteiger partial charge >= 0.3 is 0 Å². The summed E-state index contributed by atoms with van der Waals surface area (Å²) in [6.45, 7) is 2.55. The minimum Gasteiger partial charge on any atom is -0.472 e. The van der Waals surface area contributed by atoms with Gasteiger partial charge in [-0.25, -0.2) is 4.98 Å². The summed E-state index contributed by atoms with van der Waals surface area (Å²) < 4.78 is 15.8. The number of carbonyl (C=O) groups is 1. The Morgan fingerprint density at radius 2 is 2.45 bits per heavy atom. The van der Waals surface area contributed by atoms with E-state index < -0.39 is 0 Å². The van der Waals surface area contributed by atoms with Crippen LogP contribution in [0, 0.1) is 0 Å². The van der Waals surface area contributed by atoms with Crippen LogP contribution in [-0.2, 0) is 9.47 Å². The quantitative estimate of drug-likeness (QED) is 0.755. The van der Waals surface area contributed by atoms with E-state index in [1.807, 2.05) is 0 Å². The van der Waals surface area contributed by atoms with Crippen LogP contribution in [-0.4, -0.2) is 50.5 Å². The normalized spacial score (nSPS) is 17.9. The number of nitrogens with one attached hydrogen (secondary N) is 1. The fourth-order valence-corrected chi connectivity index (χ4v) is 1.88. The van der Waals surface area contributed by atoms with E-state index >= 15 is 0 Å². The van der Waals surface area contributed by atoms with Crippen LogP contribution >= 0.6 is 0 Å². The Balaban J connectivity index is 1.79. The number of hydrogen-bond donors (Lipinski definition) is 1. The first-order chi connectivity index (χ1) is 9.79. The lowest BCUT2D eigenvalue weighted by molar-refractivity contribution is 0.0948. The van der Waals surface area contributed by atoms with Gasteiger partial charge in [0.25, 0.3) is 5.91 Å². The zero-order chi connectivity index (χ0) is 14.2. The third-order valence-corrected chi connectivity index (χ3v) is 2.98. The highest BCUT2D eigenvalue weighted by Crippen LogP contribution is 2.14. The summed E-state index contributed by atoms with van der Waals surface area (Å²) in [5.41, 5.74) is 0.525. The maximum absolute atomic E-state index is 11.8. The molecule has 110 valence electrons. The first-order valence-corrected chi connectivity index (χ1v) is 6.77. The van der Waals surface area contributed by atoms with Crippen molar-refractivity contribution in [2.45, 2.75) is 18.9 Å². The molecule has 0 bridgehead atoms. The maximum Gasteiger partial charge on any atom is 0.252 e. The van der Waals surface area contributed by atoms with E-state index in [0.29, 0.717) is 31.2 Å².